The summed E-state index contributed by atoms with van der Waals surface area (Å²) in [5.74, 6) is 2.12. The van der Waals surface area contributed by atoms with Crippen molar-refractivity contribution in [1.29, 1.82) is 0 Å². The van der Waals surface area contributed by atoms with Gasteiger partial charge in [0, 0.05) is 19.5 Å². The highest BCUT2D eigenvalue weighted by molar-refractivity contribution is 14.0. The van der Waals surface area contributed by atoms with Gasteiger partial charge in [-0.05, 0) is 54.4 Å². The van der Waals surface area contributed by atoms with E-state index in [0.29, 0.717) is 18.9 Å². The fourth-order valence-corrected chi connectivity index (χ4v) is 2.44. The van der Waals surface area contributed by atoms with E-state index in [0.717, 1.165) is 56.2 Å². The Balaban J connectivity index is 0.00000729. The van der Waals surface area contributed by atoms with Gasteiger partial charge in [0.25, 0.3) is 0 Å². The van der Waals surface area contributed by atoms with Crippen molar-refractivity contribution in [3.05, 3.63) is 17.3 Å². The average molecular weight is 508 g/mol. The summed E-state index contributed by atoms with van der Waals surface area (Å²) in [7, 11) is 0. The van der Waals surface area contributed by atoms with Gasteiger partial charge in [-0.15, -0.1) is 24.0 Å². The van der Waals surface area contributed by atoms with Crippen LogP contribution in [0.3, 0.4) is 0 Å². The fourth-order valence-electron chi connectivity index (χ4n) is 2.44. The molecular formula is C20H37IN4O3. The van der Waals surface area contributed by atoms with Gasteiger partial charge in [0.15, 0.2) is 5.96 Å². The average Bonchev–Trinajstić information content (AvgIpc) is 2.88. The maximum atomic E-state index is 11.6. The summed E-state index contributed by atoms with van der Waals surface area (Å²) in [6.45, 7) is 13.6. The lowest BCUT2D eigenvalue weighted by atomic mass is 10.1. The second kappa shape index (κ2) is 13.8. The number of carbonyl (C=O) groups excluding carboxylic acids is 1. The van der Waals surface area contributed by atoms with E-state index in [-0.39, 0.29) is 29.9 Å². The SMILES string of the molecule is CCNC(=NCc1nc(C)c(C)o1)NCCCCCCC(=O)OC(C)(C)C.I. The molecule has 0 amide bonds. The number of aliphatic imine (C=N–C) groups is 1. The number of rotatable bonds is 10. The first kappa shape index (κ1) is 26.7. The van der Waals surface area contributed by atoms with Gasteiger partial charge >= 0.3 is 5.97 Å². The minimum absolute atomic E-state index is 0. The number of unbranched alkanes of at least 4 members (excludes halogenated alkanes) is 3. The lowest BCUT2D eigenvalue weighted by Gasteiger charge is -2.19. The fraction of sp³-hybridized carbons (Fsp3) is 0.750. The number of hydrogen-bond donors (Lipinski definition) is 2. The number of ether oxygens (including phenoxy) is 1. The number of aromatic nitrogens is 1. The summed E-state index contributed by atoms with van der Waals surface area (Å²) in [6, 6.07) is 0. The van der Waals surface area contributed by atoms with Crippen molar-refractivity contribution in [2.75, 3.05) is 13.1 Å². The van der Waals surface area contributed by atoms with Crippen LogP contribution in [0.1, 0.15) is 77.1 Å². The van der Waals surface area contributed by atoms with Gasteiger partial charge in [-0.2, -0.15) is 0 Å². The van der Waals surface area contributed by atoms with Crippen LogP contribution in [-0.2, 0) is 16.1 Å². The summed E-state index contributed by atoms with van der Waals surface area (Å²) >= 11 is 0. The number of esters is 1. The maximum Gasteiger partial charge on any atom is 0.306 e. The molecule has 28 heavy (non-hydrogen) atoms. The first-order valence-corrected chi connectivity index (χ1v) is 9.88. The summed E-state index contributed by atoms with van der Waals surface area (Å²) in [5.41, 5.74) is 0.510. The zero-order valence-corrected chi connectivity index (χ0v) is 20.5. The molecule has 0 unspecified atom stereocenters. The van der Waals surface area contributed by atoms with E-state index in [1.165, 1.54) is 0 Å². The normalized spacial score (nSPS) is 11.7. The molecule has 162 valence electrons. The summed E-state index contributed by atoms with van der Waals surface area (Å²) < 4.78 is 10.9. The number of oxazole rings is 1. The third-order valence-electron chi connectivity index (χ3n) is 3.81. The van der Waals surface area contributed by atoms with Crippen LogP contribution >= 0.6 is 24.0 Å². The van der Waals surface area contributed by atoms with Crippen LogP contribution in [0, 0.1) is 13.8 Å². The topological polar surface area (TPSA) is 88.8 Å². The number of aryl methyl sites for hydroxylation is 2. The molecule has 0 radical (unpaired) electrons. The molecule has 0 aliphatic carbocycles. The molecule has 0 saturated carbocycles. The van der Waals surface area contributed by atoms with Gasteiger partial charge in [0.05, 0.1) is 5.69 Å². The number of nitrogens with one attached hydrogen (secondary N) is 2. The van der Waals surface area contributed by atoms with Crippen LogP contribution in [-0.4, -0.2) is 35.6 Å². The van der Waals surface area contributed by atoms with E-state index in [9.17, 15) is 4.79 Å². The summed E-state index contributed by atoms with van der Waals surface area (Å²) in [6.07, 6.45) is 4.46. The molecule has 1 aromatic heterocycles. The van der Waals surface area contributed by atoms with E-state index in [4.69, 9.17) is 9.15 Å². The molecule has 1 rings (SSSR count). The van der Waals surface area contributed by atoms with E-state index in [1.54, 1.807) is 0 Å². The molecule has 8 heteroatoms. The largest absolute Gasteiger partial charge is 0.460 e. The third kappa shape index (κ3) is 12.2. The Morgan fingerprint density at radius 1 is 1.14 bits per heavy atom. The van der Waals surface area contributed by atoms with Crippen molar-refractivity contribution < 1.29 is 13.9 Å². The molecule has 0 atom stereocenters. The van der Waals surface area contributed by atoms with E-state index >= 15 is 0 Å². The Hall–Kier alpha value is -1.32. The zero-order chi connectivity index (χ0) is 20.3. The van der Waals surface area contributed by atoms with Crippen molar-refractivity contribution in [3.63, 3.8) is 0 Å². The molecule has 0 saturated heterocycles. The predicted octanol–water partition coefficient (Wildman–Crippen LogP) is 4.26. The smallest absolute Gasteiger partial charge is 0.306 e. The van der Waals surface area contributed by atoms with Gasteiger partial charge in [0.1, 0.15) is 17.9 Å². The Labute approximate surface area is 186 Å². The first-order valence-electron chi connectivity index (χ1n) is 9.88. The molecule has 1 aromatic rings. The van der Waals surface area contributed by atoms with Crippen LogP contribution in [0.2, 0.25) is 0 Å². The Morgan fingerprint density at radius 2 is 1.82 bits per heavy atom. The van der Waals surface area contributed by atoms with Crippen molar-refractivity contribution in [2.45, 2.75) is 85.8 Å². The third-order valence-corrected chi connectivity index (χ3v) is 3.81. The van der Waals surface area contributed by atoms with Gasteiger partial charge in [-0.1, -0.05) is 12.8 Å². The molecule has 1 heterocycles. The minimum Gasteiger partial charge on any atom is -0.460 e. The molecule has 0 spiro atoms. The zero-order valence-electron chi connectivity index (χ0n) is 18.2. The first-order chi connectivity index (χ1) is 12.7. The van der Waals surface area contributed by atoms with E-state index < -0.39 is 5.60 Å². The second-order valence-corrected chi connectivity index (χ2v) is 7.62. The minimum atomic E-state index is -0.397. The molecule has 0 aromatic carbocycles. The lowest BCUT2D eigenvalue weighted by Crippen LogP contribution is -2.37. The standard InChI is InChI=1S/C20H36N4O3.HI/c1-7-21-19(23-14-17-24-15(2)16(3)26-17)22-13-11-9-8-10-12-18(25)27-20(4,5)6;/h7-14H2,1-6H3,(H2,21,22,23);1H. The molecule has 2 N–H and O–H groups in total. The van der Waals surface area contributed by atoms with Crippen molar-refractivity contribution in [3.8, 4) is 0 Å². The van der Waals surface area contributed by atoms with Crippen LogP contribution in [0.4, 0.5) is 0 Å². The van der Waals surface area contributed by atoms with Crippen molar-refractivity contribution in [2.24, 2.45) is 4.99 Å². The quantitative estimate of drug-likeness (QED) is 0.162. The van der Waals surface area contributed by atoms with E-state index in [1.807, 2.05) is 41.5 Å². The highest BCUT2D eigenvalue weighted by Gasteiger charge is 2.15. The van der Waals surface area contributed by atoms with Crippen LogP contribution in [0.25, 0.3) is 0 Å². The molecule has 0 bridgehead atoms. The molecular weight excluding hydrogens is 471 g/mol. The Morgan fingerprint density at radius 3 is 2.39 bits per heavy atom. The summed E-state index contributed by atoms with van der Waals surface area (Å²) in [5, 5.41) is 6.54. The predicted molar refractivity (Wildman–Crippen MR) is 123 cm³/mol. The van der Waals surface area contributed by atoms with Gasteiger partial charge < -0.3 is 19.8 Å². The monoisotopic (exact) mass is 508 g/mol. The summed E-state index contributed by atoms with van der Waals surface area (Å²) in [4.78, 5) is 20.5. The van der Waals surface area contributed by atoms with E-state index in [2.05, 4.69) is 20.6 Å². The van der Waals surface area contributed by atoms with Crippen molar-refractivity contribution >= 4 is 35.9 Å². The van der Waals surface area contributed by atoms with Gasteiger partial charge in [0.2, 0.25) is 5.89 Å². The van der Waals surface area contributed by atoms with Gasteiger partial charge in [-0.25, -0.2) is 9.98 Å². The molecule has 7 nitrogen and oxygen atoms in total. The highest BCUT2D eigenvalue weighted by atomic mass is 127. The molecule has 0 fully saturated rings. The number of halogens is 1. The Kier molecular flexibility index (Phi) is 13.1. The maximum absolute atomic E-state index is 11.6. The number of guanidine groups is 1. The van der Waals surface area contributed by atoms with Gasteiger partial charge in [-0.3, -0.25) is 4.79 Å². The Bertz CT molecular complexity index is 590. The van der Waals surface area contributed by atoms with Crippen molar-refractivity contribution in [1.82, 2.24) is 15.6 Å². The molecule has 0 aliphatic heterocycles. The number of carbonyl (C=O) groups is 1. The highest BCUT2D eigenvalue weighted by Crippen LogP contribution is 2.11. The second-order valence-electron chi connectivity index (χ2n) is 7.62. The van der Waals surface area contributed by atoms with Crippen LogP contribution in [0.15, 0.2) is 9.41 Å². The lowest BCUT2D eigenvalue weighted by molar-refractivity contribution is -0.154. The van der Waals surface area contributed by atoms with Crippen LogP contribution in [0.5, 0.6) is 0 Å². The number of nitrogens with zero attached hydrogens (tertiary/aromatic N) is 2. The van der Waals surface area contributed by atoms with Crippen LogP contribution < -0.4 is 10.6 Å². The molecule has 0 aliphatic rings. The number of hydrogen-bond acceptors (Lipinski definition) is 5.